The molecule has 1 aromatic carbocycles. The third-order valence-electron chi connectivity index (χ3n) is 3.63. The van der Waals surface area contributed by atoms with E-state index in [4.69, 9.17) is 18.0 Å². The average molecular weight is 327 g/mol. The molecule has 5 heteroatoms. The fraction of sp³-hybridized carbons (Fsp3) is 0.647. The first kappa shape index (κ1) is 19.2. The topological polar surface area (TPSA) is 36.9 Å². The van der Waals surface area contributed by atoms with Gasteiger partial charge in [0, 0.05) is 25.9 Å². The van der Waals surface area contributed by atoms with Crippen molar-refractivity contribution in [1.82, 2.24) is 0 Å². The van der Waals surface area contributed by atoms with Crippen molar-refractivity contribution in [3.8, 4) is 5.75 Å². The zero-order valence-electron chi connectivity index (χ0n) is 14.8. The Morgan fingerprint density at radius 2 is 1.45 bits per heavy atom. The van der Waals surface area contributed by atoms with Gasteiger partial charge in [-0.05, 0) is 63.8 Å². The lowest BCUT2D eigenvalue weighted by Gasteiger charge is -2.28. The number of aryl methyl sites for hydroxylation is 2. The van der Waals surface area contributed by atoms with E-state index >= 15 is 0 Å². The van der Waals surface area contributed by atoms with Crippen LogP contribution in [0, 0.1) is 13.8 Å². The van der Waals surface area contributed by atoms with Crippen LogP contribution in [-0.2, 0) is 19.7 Å². The van der Waals surface area contributed by atoms with E-state index in [-0.39, 0.29) is 0 Å². The third-order valence-corrected chi connectivity index (χ3v) is 6.67. The fourth-order valence-electron chi connectivity index (χ4n) is 2.66. The molecular formula is C17H30O4Si. The highest BCUT2D eigenvalue weighted by atomic mass is 28.4. The second-order valence-electron chi connectivity index (χ2n) is 5.23. The standard InChI is InChI=1S/C17H30O4Si/c1-7-19-22(20-8-2,21-9-3)11-10-16-12-14(4)13-17(18-6)15(16)5/h12-13H,7-11H2,1-6H3. The molecule has 0 spiro atoms. The maximum Gasteiger partial charge on any atom is 0.501 e. The van der Waals surface area contributed by atoms with Crippen LogP contribution in [0.5, 0.6) is 5.75 Å². The third kappa shape index (κ3) is 5.09. The molecule has 0 aliphatic carbocycles. The maximum absolute atomic E-state index is 5.92. The molecule has 1 rings (SSSR count). The van der Waals surface area contributed by atoms with Crippen LogP contribution in [0.3, 0.4) is 0 Å². The summed E-state index contributed by atoms with van der Waals surface area (Å²) in [5, 5.41) is 0. The Hall–Kier alpha value is -0.883. The predicted molar refractivity (Wildman–Crippen MR) is 91.6 cm³/mol. The Morgan fingerprint density at radius 3 is 1.91 bits per heavy atom. The van der Waals surface area contributed by atoms with Crippen LogP contribution in [0.2, 0.25) is 6.04 Å². The fourth-order valence-corrected chi connectivity index (χ4v) is 5.24. The zero-order valence-corrected chi connectivity index (χ0v) is 15.8. The molecule has 22 heavy (non-hydrogen) atoms. The van der Waals surface area contributed by atoms with Gasteiger partial charge in [0.1, 0.15) is 5.75 Å². The summed E-state index contributed by atoms with van der Waals surface area (Å²) in [6, 6.07) is 5.06. The maximum atomic E-state index is 5.92. The summed E-state index contributed by atoms with van der Waals surface area (Å²) in [6.07, 6.45) is 0.871. The first-order valence-corrected chi connectivity index (χ1v) is 10.0. The van der Waals surface area contributed by atoms with Gasteiger partial charge in [-0.25, -0.2) is 0 Å². The van der Waals surface area contributed by atoms with Crippen molar-refractivity contribution in [2.75, 3.05) is 26.9 Å². The van der Waals surface area contributed by atoms with Crippen LogP contribution in [0.4, 0.5) is 0 Å². The molecule has 0 aliphatic heterocycles. The van der Waals surface area contributed by atoms with Crippen molar-refractivity contribution in [3.63, 3.8) is 0 Å². The largest absolute Gasteiger partial charge is 0.501 e. The van der Waals surface area contributed by atoms with E-state index in [9.17, 15) is 0 Å². The number of ether oxygens (including phenoxy) is 1. The zero-order chi connectivity index (χ0) is 16.6. The molecule has 0 saturated carbocycles. The van der Waals surface area contributed by atoms with E-state index in [0.717, 1.165) is 18.2 Å². The lowest BCUT2D eigenvalue weighted by atomic mass is 10.0. The second-order valence-corrected chi connectivity index (χ2v) is 7.97. The van der Waals surface area contributed by atoms with Crippen LogP contribution in [0.25, 0.3) is 0 Å². The lowest BCUT2D eigenvalue weighted by molar-refractivity contribution is 0.0714. The molecule has 0 aliphatic rings. The van der Waals surface area contributed by atoms with E-state index in [2.05, 4.69) is 26.0 Å². The van der Waals surface area contributed by atoms with Crippen molar-refractivity contribution in [1.29, 1.82) is 0 Å². The Labute approximate surface area is 136 Å². The van der Waals surface area contributed by atoms with Gasteiger partial charge >= 0.3 is 8.80 Å². The molecule has 0 N–H and O–H groups in total. The molecular weight excluding hydrogens is 296 g/mol. The Morgan fingerprint density at radius 1 is 0.909 bits per heavy atom. The minimum absolute atomic E-state index is 0.613. The normalized spacial score (nSPS) is 11.7. The summed E-state index contributed by atoms with van der Waals surface area (Å²) < 4.78 is 23.2. The molecule has 0 aromatic heterocycles. The van der Waals surface area contributed by atoms with E-state index in [1.54, 1.807) is 7.11 Å². The number of benzene rings is 1. The summed E-state index contributed by atoms with van der Waals surface area (Å²) in [7, 11) is -0.874. The van der Waals surface area contributed by atoms with Crippen molar-refractivity contribution >= 4 is 8.80 Å². The van der Waals surface area contributed by atoms with E-state index < -0.39 is 8.80 Å². The smallest absolute Gasteiger partial charge is 0.496 e. The highest BCUT2D eigenvalue weighted by Gasteiger charge is 2.40. The van der Waals surface area contributed by atoms with Crippen molar-refractivity contribution in [2.24, 2.45) is 0 Å². The molecule has 0 radical (unpaired) electrons. The Balaban J connectivity index is 2.94. The van der Waals surface area contributed by atoms with Crippen LogP contribution >= 0.6 is 0 Å². The van der Waals surface area contributed by atoms with Gasteiger partial charge in [0.25, 0.3) is 0 Å². The quantitative estimate of drug-likeness (QED) is 0.611. The number of hydrogen-bond donors (Lipinski definition) is 0. The van der Waals surface area contributed by atoms with Gasteiger partial charge in [-0.1, -0.05) is 6.07 Å². The number of methoxy groups -OCH3 is 1. The van der Waals surface area contributed by atoms with Gasteiger partial charge in [0.15, 0.2) is 0 Å². The van der Waals surface area contributed by atoms with Crippen LogP contribution in [0.15, 0.2) is 12.1 Å². The lowest BCUT2D eigenvalue weighted by Crippen LogP contribution is -2.46. The molecule has 0 atom stereocenters. The van der Waals surface area contributed by atoms with Gasteiger partial charge in [-0.3, -0.25) is 0 Å². The minimum atomic E-state index is -2.59. The second kappa shape index (κ2) is 9.30. The van der Waals surface area contributed by atoms with Crippen LogP contribution in [0.1, 0.15) is 37.5 Å². The molecule has 126 valence electrons. The highest BCUT2D eigenvalue weighted by molar-refractivity contribution is 6.60. The molecule has 4 nitrogen and oxygen atoms in total. The monoisotopic (exact) mass is 326 g/mol. The SMILES string of the molecule is CCO[Si](CCc1cc(C)cc(OC)c1C)(OCC)OCC. The highest BCUT2D eigenvalue weighted by Crippen LogP contribution is 2.27. The summed E-state index contributed by atoms with van der Waals surface area (Å²) in [6.45, 7) is 12.0. The molecule has 0 bridgehead atoms. The van der Waals surface area contributed by atoms with Gasteiger partial charge in [0.2, 0.25) is 0 Å². The first-order chi connectivity index (χ1) is 10.5. The Bertz CT molecular complexity index is 445. The summed E-state index contributed by atoms with van der Waals surface area (Å²) in [4.78, 5) is 0. The number of rotatable bonds is 10. The number of hydrogen-bond acceptors (Lipinski definition) is 4. The molecule has 0 unspecified atom stereocenters. The van der Waals surface area contributed by atoms with Crippen molar-refractivity contribution in [2.45, 2.75) is 47.1 Å². The summed E-state index contributed by atoms with van der Waals surface area (Å²) >= 11 is 0. The van der Waals surface area contributed by atoms with Gasteiger partial charge < -0.3 is 18.0 Å². The van der Waals surface area contributed by atoms with Gasteiger partial charge in [-0.15, -0.1) is 0 Å². The molecule has 1 aromatic rings. The van der Waals surface area contributed by atoms with E-state index in [1.807, 2.05) is 20.8 Å². The molecule has 0 amide bonds. The molecule has 0 fully saturated rings. The van der Waals surface area contributed by atoms with E-state index in [1.165, 1.54) is 16.7 Å². The van der Waals surface area contributed by atoms with Crippen LogP contribution < -0.4 is 4.74 Å². The summed E-state index contributed by atoms with van der Waals surface area (Å²) in [5.74, 6) is 0.937. The predicted octanol–water partition coefficient (Wildman–Crippen LogP) is 3.90. The first-order valence-electron chi connectivity index (χ1n) is 8.07. The molecule has 0 heterocycles. The van der Waals surface area contributed by atoms with Crippen molar-refractivity contribution < 1.29 is 18.0 Å². The average Bonchev–Trinajstić information content (AvgIpc) is 2.48. The van der Waals surface area contributed by atoms with E-state index in [0.29, 0.717) is 19.8 Å². The van der Waals surface area contributed by atoms with Gasteiger partial charge in [-0.2, -0.15) is 0 Å². The molecule has 0 saturated heterocycles. The van der Waals surface area contributed by atoms with Crippen LogP contribution in [-0.4, -0.2) is 35.7 Å². The summed E-state index contributed by atoms with van der Waals surface area (Å²) in [5.41, 5.74) is 3.65. The minimum Gasteiger partial charge on any atom is -0.496 e. The Kier molecular flexibility index (Phi) is 8.10. The van der Waals surface area contributed by atoms with Crippen molar-refractivity contribution in [3.05, 3.63) is 28.8 Å². The van der Waals surface area contributed by atoms with Gasteiger partial charge in [0.05, 0.1) is 7.11 Å².